The molecule has 0 saturated heterocycles. The number of hydrogen-bond acceptors (Lipinski definition) is 3. The first-order valence-electron chi connectivity index (χ1n) is 10.9. The zero-order valence-corrected chi connectivity index (χ0v) is 18.8. The lowest BCUT2D eigenvalue weighted by molar-refractivity contribution is -0.135. The van der Waals surface area contributed by atoms with E-state index in [2.05, 4.69) is 10.6 Å². The Morgan fingerprint density at radius 3 is 2.53 bits per heavy atom. The Bertz CT molecular complexity index is 1090. The van der Waals surface area contributed by atoms with Crippen LogP contribution in [0, 0.1) is 0 Å². The average molecular weight is 432 g/mol. The summed E-state index contributed by atoms with van der Waals surface area (Å²) in [6.07, 6.45) is 2.05. The number of fused-ring (bicyclic) bond motifs is 1. The van der Waals surface area contributed by atoms with Crippen molar-refractivity contribution >= 4 is 11.8 Å². The first-order chi connectivity index (χ1) is 15.5. The number of aromatic nitrogens is 1. The highest BCUT2D eigenvalue weighted by molar-refractivity contribution is 5.96. The molecule has 1 atom stereocenters. The number of carbonyl (C=O) groups is 2. The van der Waals surface area contributed by atoms with Crippen LogP contribution in [-0.2, 0) is 11.3 Å². The van der Waals surface area contributed by atoms with Gasteiger partial charge in [0.15, 0.2) is 0 Å². The number of hydrogen-bond donors (Lipinski definition) is 0. The summed E-state index contributed by atoms with van der Waals surface area (Å²) >= 11 is 0. The van der Waals surface area contributed by atoms with Crippen molar-refractivity contribution < 1.29 is 14.3 Å². The predicted octanol–water partition coefficient (Wildman–Crippen LogP) is 3.98. The Morgan fingerprint density at radius 2 is 1.81 bits per heavy atom. The molecular formula is C26H29N3O3. The molecule has 1 aliphatic heterocycles. The molecule has 2 aromatic carbocycles. The van der Waals surface area contributed by atoms with Gasteiger partial charge in [-0.1, -0.05) is 30.3 Å². The molecule has 2 amide bonds. The zero-order valence-electron chi connectivity index (χ0n) is 18.8. The Balaban J connectivity index is 1.64. The van der Waals surface area contributed by atoms with Crippen molar-refractivity contribution in [3.63, 3.8) is 0 Å². The third kappa shape index (κ3) is 4.26. The fourth-order valence-corrected chi connectivity index (χ4v) is 4.29. The van der Waals surface area contributed by atoms with E-state index in [4.69, 9.17) is 4.74 Å². The Hall–Kier alpha value is -3.54. The molecule has 32 heavy (non-hydrogen) atoms. The minimum Gasteiger partial charge on any atom is -0.497 e. The van der Waals surface area contributed by atoms with Gasteiger partial charge in [0.2, 0.25) is 5.91 Å². The predicted molar refractivity (Wildman–Crippen MR) is 124 cm³/mol. The van der Waals surface area contributed by atoms with E-state index in [1.54, 1.807) is 24.1 Å². The van der Waals surface area contributed by atoms with Crippen molar-refractivity contribution in [1.82, 2.24) is 14.4 Å². The first-order valence-corrected chi connectivity index (χ1v) is 10.9. The standard InChI is InChI=1S/C26H29N3O3/c1-19(2)29(26(31)20-9-5-4-6-10-20)18-24(30)28-16-15-27-14-8-13-23(27)25(28)21-11-7-12-22(17-21)32-3/h4-14,17,19,25H,15-16,18H2,1-3H3. The molecule has 2 heterocycles. The quantitative estimate of drug-likeness (QED) is 0.593. The van der Waals surface area contributed by atoms with Crippen molar-refractivity contribution in [2.45, 2.75) is 32.5 Å². The highest BCUT2D eigenvalue weighted by Gasteiger charge is 2.34. The summed E-state index contributed by atoms with van der Waals surface area (Å²) in [7, 11) is 1.64. The van der Waals surface area contributed by atoms with Gasteiger partial charge in [0.1, 0.15) is 12.3 Å². The van der Waals surface area contributed by atoms with Crippen LogP contribution in [0.15, 0.2) is 72.9 Å². The molecule has 1 unspecified atom stereocenters. The molecule has 0 fully saturated rings. The van der Waals surface area contributed by atoms with Crippen molar-refractivity contribution in [3.05, 3.63) is 89.7 Å². The summed E-state index contributed by atoms with van der Waals surface area (Å²) in [5.41, 5.74) is 2.64. The van der Waals surface area contributed by atoms with Gasteiger partial charge in [-0.25, -0.2) is 0 Å². The van der Waals surface area contributed by atoms with E-state index in [0.717, 1.165) is 23.6 Å². The monoisotopic (exact) mass is 431 g/mol. The largest absolute Gasteiger partial charge is 0.497 e. The van der Waals surface area contributed by atoms with E-state index in [0.29, 0.717) is 12.1 Å². The highest BCUT2D eigenvalue weighted by Crippen LogP contribution is 2.34. The number of ether oxygens (including phenoxy) is 1. The van der Waals surface area contributed by atoms with Gasteiger partial charge in [-0.2, -0.15) is 0 Å². The fourth-order valence-electron chi connectivity index (χ4n) is 4.29. The van der Waals surface area contributed by atoms with Crippen LogP contribution < -0.4 is 4.74 Å². The maximum absolute atomic E-state index is 13.6. The van der Waals surface area contributed by atoms with E-state index in [-0.39, 0.29) is 30.4 Å². The Labute approximate surface area is 189 Å². The summed E-state index contributed by atoms with van der Waals surface area (Å²) in [6.45, 7) is 5.22. The molecule has 3 aromatic rings. The van der Waals surface area contributed by atoms with Crippen molar-refractivity contribution in [3.8, 4) is 5.75 Å². The topological polar surface area (TPSA) is 54.8 Å². The SMILES string of the molecule is COc1cccc(C2c3cccn3CCN2C(=O)CN(C(=O)c2ccccc2)C(C)C)c1. The van der Waals surface area contributed by atoms with Crippen LogP contribution in [0.1, 0.15) is 41.5 Å². The Kier molecular flexibility index (Phi) is 6.30. The normalized spacial score (nSPS) is 15.4. The molecular weight excluding hydrogens is 402 g/mol. The van der Waals surface area contributed by atoms with Crippen molar-refractivity contribution in [2.24, 2.45) is 0 Å². The molecule has 1 aromatic heterocycles. The van der Waals surface area contributed by atoms with Gasteiger partial charge in [-0.3, -0.25) is 9.59 Å². The molecule has 166 valence electrons. The maximum Gasteiger partial charge on any atom is 0.254 e. The number of methoxy groups -OCH3 is 1. The van der Waals surface area contributed by atoms with E-state index >= 15 is 0 Å². The Morgan fingerprint density at radius 1 is 1.03 bits per heavy atom. The highest BCUT2D eigenvalue weighted by atomic mass is 16.5. The molecule has 4 rings (SSSR count). The van der Waals surface area contributed by atoms with E-state index in [1.165, 1.54) is 0 Å². The zero-order chi connectivity index (χ0) is 22.7. The molecule has 0 spiro atoms. The van der Waals surface area contributed by atoms with Crippen LogP contribution in [0.2, 0.25) is 0 Å². The molecule has 0 saturated carbocycles. The van der Waals surface area contributed by atoms with Gasteiger partial charge in [0.25, 0.3) is 5.91 Å². The molecule has 6 heteroatoms. The number of amides is 2. The average Bonchev–Trinajstić information content (AvgIpc) is 3.30. The lowest BCUT2D eigenvalue weighted by atomic mass is 9.99. The van der Waals surface area contributed by atoms with Gasteiger partial charge < -0.3 is 19.1 Å². The molecule has 1 aliphatic rings. The van der Waals surface area contributed by atoms with Gasteiger partial charge in [-0.15, -0.1) is 0 Å². The second-order valence-corrected chi connectivity index (χ2v) is 8.29. The minimum absolute atomic E-state index is 0.0343. The second kappa shape index (κ2) is 9.30. The first kappa shape index (κ1) is 21.7. The van der Waals surface area contributed by atoms with Crippen LogP contribution in [0.25, 0.3) is 0 Å². The fraction of sp³-hybridized carbons (Fsp3) is 0.308. The summed E-state index contributed by atoms with van der Waals surface area (Å²) in [5.74, 6) is 0.553. The van der Waals surface area contributed by atoms with Crippen LogP contribution in [0.5, 0.6) is 5.75 Å². The van der Waals surface area contributed by atoms with E-state index in [9.17, 15) is 9.59 Å². The second-order valence-electron chi connectivity index (χ2n) is 8.29. The minimum atomic E-state index is -0.234. The maximum atomic E-state index is 13.6. The molecule has 0 bridgehead atoms. The van der Waals surface area contributed by atoms with Crippen molar-refractivity contribution in [1.29, 1.82) is 0 Å². The summed E-state index contributed by atoms with van der Waals surface area (Å²) in [6, 6.07) is 20.7. The summed E-state index contributed by atoms with van der Waals surface area (Å²) < 4.78 is 7.61. The number of benzene rings is 2. The number of rotatable bonds is 6. The van der Waals surface area contributed by atoms with E-state index in [1.807, 2.05) is 73.5 Å². The van der Waals surface area contributed by atoms with Crippen molar-refractivity contribution in [2.75, 3.05) is 20.2 Å². The number of nitrogens with zero attached hydrogens (tertiary/aromatic N) is 3. The lowest BCUT2D eigenvalue weighted by Gasteiger charge is -2.39. The third-order valence-corrected chi connectivity index (χ3v) is 5.98. The molecule has 0 radical (unpaired) electrons. The molecule has 0 N–H and O–H groups in total. The van der Waals surface area contributed by atoms with Gasteiger partial charge in [0, 0.05) is 36.6 Å². The number of carbonyl (C=O) groups excluding carboxylic acids is 2. The van der Waals surface area contributed by atoms with Gasteiger partial charge >= 0.3 is 0 Å². The van der Waals surface area contributed by atoms with Crippen LogP contribution in [0.4, 0.5) is 0 Å². The third-order valence-electron chi connectivity index (χ3n) is 5.98. The molecule has 6 nitrogen and oxygen atoms in total. The molecule has 0 aliphatic carbocycles. The summed E-state index contributed by atoms with van der Waals surface area (Å²) in [5, 5.41) is 0. The lowest BCUT2D eigenvalue weighted by Crippen LogP contribution is -2.49. The van der Waals surface area contributed by atoms with E-state index < -0.39 is 0 Å². The van der Waals surface area contributed by atoms with Crippen LogP contribution in [-0.4, -0.2) is 52.4 Å². The smallest absolute Gasteiger partial charge is 0.254 e. The van der Waals surface area contributed by atoms with Crippen LogP contribution >= 0.6 is 0 Å². The van der Waals surface area contributed by atoms with Crippen LogP contribution in [0.3, 0.4) is 0 Å². The van der Waals surface area contributed by atoms with Gasteiger partial charge in [0.05, 0.1) is 13.2 Å². The van der Waals surface area contributed by atoms with Gasteiger partial charge in [-0.05, 0) is 55.8 Å². The summed E-state index contributed by atoms with van der Waals surface area (Å²) in [4.78, 5) is 30.3.